The highest BCUT2D eigenvalue weighted by atomic mass is 16.6. The zero-order chi connectivity index (χ0) is 8.43. The van der Waals surface area contributed by atoms with Gasteiger partial charge in [-0.3, -0.25) is 0 Å². The summed E-state index contributed by atoms with van der Waals surface area (Å²) in [6, 6.07) is 0. The van der Waals surface area contributed by atoms with Gasteiger partial charge in [0.25, 0.3) is 0 Å². The SMILES string of the molecule is COC(=O)[C@@H]1C[C@H](O)[C@H](C)O1. The summed E-state index contributed by atoms with van der Waals surface area (Å²) in [5, 5.41) is 9.18. The van der Waals surface area contributed by atoms with Gasteiger partial charge in [-0.1, -0.05) is 0 Å². The van der Waals surface area contributed by atoms with Gasteiger partial charge in [0.05, 0.1) is 19.3 Å². The van der Waals surface area contributed by atoms with Crippen molar-refractivity contribution in [1.82, 2.24) is 0 Å². The van der Waals surface area contributed by atoms with E-state index in [-0.39, 0.29) is 6.10 Å². The van der Waals surface area contributed by atoms with Gasteiger partial charge in [-0.15, -0.1) is 0 Å². The Labute approximate surface area is 65.1 Å². The lowest BCUT2D eigenvalue weighted by Crippen LogP contribution is -2.21. The quantitative estimate of drug-likeness (QED) is 0.535. The van der Waals surface area contributed by atoms with Crippen molar-refractivity contribution in [3.8, 4) is 0 Å². The zero-order valence-corrected chi connectivity index (χ0v) is 6.61. The molecule has 0 radical (unpaired) electrons. The highest BCUT2D eigenvalue weighted by Gasteiger charge is 2.35. The fourth-order valence-corrected chi connectivity index (χ4v) is 1.10. The molecule has 0 bridgehead atoms. The maximum Gasteiger partial charge on any atom is 0.335 e. The zero-order valence-electron chi connectivity index (χ0n) is 6.61. The monoisotopic (exact) mass is 160 g/mol. The Morgan fingerprint density at radius 3 is 2.73 bits per heavy atom. The van der Waals surface area contributed by atoms with Crippen LogP contribution in [0.5, 0.6) is 0 Å². The van der Waals surface area contributed by atoms with Crippen LogP contribution in [0.1, 0.15) is 13.3 Å². The Hall–Kier alpha value is -0.610. The molecule has 1 N–H and O–H groups in total. The second-order valence-electron chi connectivity index (χ2n) is 2.66. The maximum atomic E-state index is 10.8. The normalized spacial score (nSPS) is 37.2. The van der Waals surface area contributed by atoms with Crippen LogP contribution in [0.4, 0.5) is 0 Å². The lowest BCUT2D eigenvalue weighted by Gasteiger charge is -2.07. The first kappa shape index (κ1) is 8.49. The van der Waals surface area contributed by atoms with Crippen LogP contribution in [0.25, 0.3) is 0 Å². The van der Waals surface area contributed by atoms with Gasteiger partial charge in [0.2, 0.25) is 0 Å². The van der Waals surface area contributed by atoms with Gasteiger partial charge in [-0.2, -0.15) is 0 Å². The number of methoxy groups -OCH3 is 1. The molecule has 0 aromatic rings. The summed E-state index contributed by atoms with van der Waals surface area (Å²) in [5.41, 5.74) is 0. The van der Waals surface area contributed by atoms with Crippen LogP contribution in [0.2, 0.25) is 0 Å². The molecule has 4 nitrogen and oxygen atoms in total. The molecule has 3 atom stereocenters. The first-order valence-corrected chi connectivity index (χ1v) is 3.56. The summed E-state index contributed by atoms with van der Waals surface area (Å²) in [7, 11) is 1.31. The second-order valence-corrected chi connectivity index (χ2v) is 2.66. The molecule has 0 unspecified atom stereocenters. The molecule has 1 saturated heterocycles. The van der Waals surface area contributed by atoms with Crippen LogP contribution in [-0.2, 0) is 14.3 Å². The van der Waals surface area contributed by atoms with Crippen molar-refractivity contribution in [2.75, 3.05) is 7.11 Å². The van der Waals surface area contributed by atoms with E-state index in [1.54, 1.807) is 6.92 Å². The molecule has 11 heavy (non-hydrogen) atoms. The number of hydrogen-bond donors (Lipinski definition) is 1. The van der Waals surface area contributed by atoms with Crippen LogP contribution in [-0.4, -0.2) is 36.5 Å². The summed E-state index contributed by atoms with van der Waals surface area (Å²) >= 11 is 0. The van der Waals surface area contributed by atoms with Gasteiger partial charge in [0.15, 0.2) is 6.10 Å². The predicted molar refractivity (Wildman–Crippen MR) is 37.0 cm³/mol. The van der Waals surface area contributed by atoms with Crippen molar-refractivity contribution in [1.29, 1.82) is 0 Å². The Morgan fingerprint density at radius 1 is 1.73 bits per heavy atom. The van der Waals surface area contributed by atoms with Gasteiger partial charge in [-0.25, -0.2) is 4.79 Å². The van der Waals surface area contributed by atoms with Gasteiger partial charge in [0, 0.05) is 6.42 Å². The lowest BCUT2D eigenvalue weighted by molar-refractivity contribution is -0.152. The minimum atomic E-state index is -0.579. The van der Waals surface area contributed by atoms with E-state index < -0.39 is 18.2 Å². The number of carbonyl (C=O) groups excluding carboxylic acids is 1. The van der Waals surface area contributed by atoms with Crippen molar-refractivity contribution in [2.45, 2.75) is 31.7 Å². The number of esters is 1. The Morgan fingerprint density at radius 2 is 2.36 bits per heavy atom. The molecular formula is C7H12O4. The highest BCUT2D eigenvalue weighted by Crippen LogP contribution is 2.20. The topological polar surface area (TPSA) is 55.8 Å². The van der Waals surface area contributed by atoms with Crippen LogP contribution in [0.3, 0.4) is 0 Å². The molecule has 0 aromatic carbocycles. The molecule has 1 fully saturated rings. The van der Waals surface area contributed by atoms with E-state index in [4.69, 9.17) is 4.74 Å². The molecule has 0 spiro atoms. The largest absolute Gasteiger partial charge is 0.467 e. The molecule has 0 amide bonds. The second kappa shape index (κ2) is 3.19. The third kappa shape index (κ3) is 1.70. The first-order valence-electron chi connectivity index (χ1n) is 3.56. The molecule has 1 aliphatic heterocycles. The van der Waals surface area contributed by atoms with Crippen molar-refractivity contribution < 1.29 is 19.4 Å². The van der Waals surface area contributed by atoms with E-state index in [1.165, 1.54) is 7.11 Å². The number of aliphatic hydroxyl groups excluding tert-OH is 1. The third-order valence-electron chi connectivity index (χ3n) is 1.84. The number of rotatable bonds is 1. The average molecular weight is 160 g/mol. The van der Waals surface area contributed by atoms with Crippen LogP contribution >= 0.6 is 0 Å². The van der Waals surface area contributed by atoms with Crippen molar-refractivity contribution in [2.24, 2.45) is 0 Å². The van der Waals surface area contributed by atoms with Gasteiger partial charge < -0.3 is 14.6 Å². The minimum Gasteiger partial charge on any atom is -0.467 e. The van der Waals surface area contributed by atoms with Crippen molar-refractivity contribution in [3.05, 3.63) is 0 Å². The third-order valence-corrected chi connectivity index (χ3v) is 1.84. The fraction of sp³-hybridized carbons (Fsp3) is 0.857. The smallest absolute Gasteiger partial charge is 0.335 e. The van der Waals surface area contributed by atoms with E-state index in [2.05, 4.69) is 4.74 Å². The first-order chi connectivity index (χ1) is 5.15. The number of hydrogen-bond acceptors (Lipinski definition) is 4. The van der Waals surface area contributed by atoms with E-state index in [0.29, 0.717) is 6.42 Å². The van der Waals surface area contributed by atoms with Crippen LogP contribution in [0, 0.1) is 0 Å². The minimum absolute atomic E-state index is 0.265. The van der Waals surface area contributed by atoms with Gasteiger partial charge in [0.1, 0.15) is 0 Å². The van der Waals surface area contributed by atoms with E-state index in [9.17, 15) is 9.90 Å². The molecule has 0 saturated carbocycles. The fourth-order valence-electron chi connectivity index (χ4n) is 1.10. The van der Waals surface area contributed by atoms with Crippen LogP contribution < -0.4 is 0 Å². The van der Waals surface area contributed by atoms with E-state index >= 15 is 0 Å². The Kier molecular flexibility index (Phi) is 2.46. The Balaban J connectivity index is 2.46. The lowest BCUT2D eigenvalue weighted by atomic mass is 10.1. The standard InChI is InChI=1S/C7H12O4/c1-4-5(8)3-6(11-4)7(9)10-2/h4-6,8H,3H2,1-2H3/t4-,5-,6-/m0/s1. The average Bonchev–Trinajstić information content (AvgIpc) is 2.31. The summed E-state index contributed by atoms with van der Waals surface area (Å²) in [4.78, 5) is 10.8. The summed E-state index contributed by atoms with van der Waals surface area (Å²) in [5.74, 6) is -0.409. The van der Waals surface area contributed by atoms with Crippen LogP contribution in [0.15, 0.2) is 0 Å². The maximum absolute atomic E-state index is 10.8. The molecule has 64 valence electrons. The van der Waals surface area contributed by atoms with Gasteiger partial charge in [-0.05, 0) is 6.92 Å². The highest BCUT2D eigenvalue weighted by molar-refractivity contribution is 5.74. The van der Waals surface area contributed by atoms with Crippen molar-refractivity contribution >= 4 is 5.97 Å². The van der Waals surface area contributed by atoms with E-state index in [1.807, 2.05) is 0 Å². The summed E-state index contributed by atoms with van der Waals surface area (Å²) in [6.07, 6.45) is -1.04. The molecular weight excluding hydrogens is 148 g/mol. The number of carbonyl (C=O) groups is 1. The molecule has 0 aliphatic carbocycles. The Bertz CT molecular complexity index is 147. The molecule has 1 aliphatic rings. The van der Waals surface area contributed by atoms with E-state index in [0.717, 1.165) is 0 Å². The van der Waals surface area contributed by atoms with Crippen molar-refractivity contribution in [3.63, 3.8) is 0 Å². The molecule has 1 heterocycles. The number of ether oxygens (including phenoxy) is 2. The summed E-state index contributed by atoms with van der Waals surface area (Å²) < 4.78 is 9.56. The predicted octanol–water partition coefficient (Wildman–Crippen LogP) is -0.302. The van der Waals surface area contributed by atoms with Gasteiger partial charge >= 0.3 is 5.97 Å². The molecule has 1 rings (SSSR count). The molecule has 0 aromatic heterocycles. The number of aliphatic hydroxyl groups is 1. The summed E-state index contributed by atoms with van der Waals surface area (Å²) in [6.45, 7) is 1.73. The molecule has 4 heteroatoms.